The van der Waals surface area contributed by atoms with Gasteiger partial charge in [0.15, 0.2) is 0 Å². The number of hydrogen-bond acceptors (Lipinski definition) is 2. The molecule has 1 aromatic rings. The molecule has 0 aromatic heterocycles. The van der Waals surface area contributed by atoms with Crippen molar-refractivity contribution in [2.45, 2.75) is 57.9 Å². The maximum absolute atomic E-state index is 5.47. The summed E-state index contributed by atoms with van der Waals surface area (Å²) in [4.78, 5) is 0. The fraction of sp³-hybridized carbons (Fsp3) is 0.667. The number of ether oxygens (including phenoxy) is 1. The summed E-state index contributed by atoms with van der Waals surface area (Å²) in [6.45, 7) is 3.25. The topological polar surface area (TPSA) is 21.3 Å². The van der Waals surface area contributed by atoms with E-state index < -0.39 is 0 Å². The molecule has 1 N–H and O–H groups in total. The van der Waals surface area contributed by atoms with Gasteiger partial charge in [-0.15, -0.1) is 0 Å². The van der Waals surface area contributed by atoms with E-state index in [2.05, 4.69) is 30.4 Å². The molecule has 2 nitrogen and oxygen atoms in total. The third-order valence-corrected chi connectivity index (χ3v) is 4.55. The summed E-state index contributed by atoms with van der Waals surface area (Å²) in [7, 11) is 1.76. The van der Waals surface area contributed by atoms with E-state index in [9.17, 15) is 0 Å². The van der Waals surface area contributed by atoms with Crippen molar-refractivity contribution < 1.29 is 4.74 Å². The lowest BCUT2D eigenvalue weighted by Crippen LogP contribution is -2.31. The van der Waals surface area contributed by atoms with Crippen LogP contribution in [-0.4, -0.2) is 19.7 Å². The van der Waals surface area contributed by atoms with Gasteiger partial charge in [-0.3, -0.25) is 0 Å². The monoisotopic (exact) mass is 275 g/mol. The Bertz CT molecular complexity index is 385. The molecule has 1 atom stereocenters. The summed E-state index contributed by atoms with van der Waals surface area (Å²) in [5.41, 5.74) is 1.33. The molecule has 20 heavy (non-hydrogen) atoms. The van der Waals surface area contributed by atoms with Crippen LogP contribution in [0.15, 0.2) is 24.3 Å². The molecule has 1 aliphatic rings. The van der Waals surface area contributed by atoms with Gasteiger partial charge in [-0.1, -0.05) is 50.8 Å². The molecule has 0 radical (unpaired) electrons. The van der Waals surface area contributed by atoms with Crippen molar-refractivity contribution in [2.75, 3.05) is 13.7 Å². The molecule has 0 spiro atoms. The van der Waals surface area contributed by atoms with Crippen molar-refractivity contribution in [2.24, 2.45) is 5.92 Å². The minimum Gasteiger partial charge on any atom is -0.496 e. The molecule has 0 amide bonds. The molecular formula is C18H29NO. The molecule has 2 heteroatoms. The van der Waals surface area contributed by atoms with Gasteiger partial charge in [0.05, 0.1) is 7.11 Å². The van der Waals surface area contributed by atoms with Gasteiger partial charge in [0.2, 0.25) is 0 Å². The van der Waals surface area contributed by atoms with Gasteiger partial charge in [0, 0.05) is 6.04 Å². The highest BCUT2D eigenvalue weighted by Crippen LogP contribution is 2.29. The molecule has 1 aliphatic carbocycles. The van der Waals surface area contributed by atoms with Crippen LogP contribution in [0.4, 0.5) is 0 Å². The van der Waals surface area contributed by atoms with Crippen LogP contribution in [0.3, 0.4) is 0 Å². The fourth-order valence-corrected chi connectivity index (χ4v) is 3.44. The van der Waals surface area contributed by atoms with Crippen LogP contribution in [0.5, 0.6) is 5.75 Å². The Kier molecular flexibility index (Phi) is 6.38. The van der Waals surface area contributed by atoms with Crippen molar-refractivity contribution in [3.63, 3.8) is 0 Å². The zero-order chi connectivity index (χ0) is 14.2. The van der Waals surface area contributed by atoms with Gasteiger partial charge < -0.3 is 10.1 Å². The number of hydrogen-bond donors (Lipinski definition) is 1. The van der Waals surface area contributed by atoms with Crippen LogP contribution in [0.1, 0.15) is 51.0 Å². The average Bonchev–Trinajstić information content (AvgIpc) is 2.99. The van der Waals surface area contributed by atoms with Crippen LogP contribution in [0, 0.1) is 5.92 Å². The predicted molar refractivity (Wildman–Crippen MR) is 85.4 cm³/mol. The SMILES string of the molecule is CCNC(CCC1CCCC1)Cc1ccccc1OC. The first-order valence-electron chi connectivity index (χ1n) is 8.18. The van der Waals surface area contributed by atoms with E-state index in [0.717, 1.165) is 24.6 Å². The van der Waals surface area contributed by atoms with E-state index in [1.54, 1.807) is 7.11 Å². The van der Waals surface area contributed by atoms with Gasteiger partial charge >= 0.3 is 0 Å². The van der Waals surface area contributed by atoms with Crippen molar-refractivity contribution in [3.8, 4) is 5.75 Å². The van der Waals surface area contributed by atoms with Gasteiger partial charge in [0.1, 0.15) is 5.75 Å². The molecule has 0 saturated heterocycles. The lowest BCUT2D eigenvalue weighted by molar-refractivity contribution is 0.389. The van der Waals surface area contributed by atoms with E-state index in [1.165, 1.54) is 44.1 Å². The second-order valence-corrected chi connectivity index (χ2v) is 6.00. The lowest BCUT2D eigenvalue weighted by atomic mass is 9.94. The number of methoxy groups -OCH3 is 1. The summed E-state index contributed by atoms with van der Waals surface area (Å²) in [5.74, 6) is 2.00. The van der Waals surface area contributed by atoms with Crippen LogP contribution in [-0.2, 0) is 6.42 Å². The molecule has 1 fully saturated rings. The second kappa shape index (κ2) is 8.31. The smallest absolute Gasteiger partial charge is 0.122 e. The van der Waals surface area contributed by atoms with Gasteiger partial charge in [-0.25, -0.2) is 0 Å². The average molecular weight is 275 g/mol. The van der Waals surface area contributed by atoms with E-state index >= 15 is 0 Å². The Balaban J connectivity index is 1.90. The van der Waals surface area contributed by atoms with Crippen LogP contribution in [0.2, 0.25) is 0 Å². The van der Waals surface area contributed by atoms with E-state index in [4.69, 9.17) is 4.74 Å². The van der Waals surface area contributed by atoms with Crippen molar-refractivity contribution in [1.82, 2.24) is 5.32 Å². The standard InChI is InChI=1S/C18H29NO/c1-3-19-17(13-12-15-8-4-5-9-15)14-16-10-6-7-11-18(16)20-2/h6-7,10-11,15,17,19H,3-5,8-9,12-14H2,1-2H3. The Labute approximate surface area is 123 Å². The first-order valence-corrected chi connectivity index (χ1v) is 8.18. The summed E-state index contributed by atoms with van der Waals surface area (Å²) >= 11 is 0. The first kappa shape index (κ1) is 15.4. The highest BCUT2D eigenvalue weighted by molar-refractivity contribution is 5.33. The molecule has 1 saturated carbocycles. The minimum absolute atomic E-state index is 0.580. The molecule has 112 valence electrons. The predicted octanol–water partition coefficient (Wildman–Crippen LogP) is 4.19. The molecule has 0 aliphatic heterocycles. The zero-order valence-electron chi connectivity index (χ0n) is 13.0. The van der Waals surface area contributed by atoms with Gasteiger partial charge in [0.25, 0.3) is 0 Å². The van der Waals surface area contributed by atoms with Crippen LogP contribution in [0.25, 0.3) is 0 Å². The zero-order valence-corrected chi connectivity index (χ0v) is 13.0. The molecule has 0 bridgehead atoms. The number of rotatable bonds is 8. The number of benzene rings is 1. The molecule has 1 aromatic carbocycles. The highest BCUT2D eigenvalue weighted by Gasteiger charge is 2.18. The number of likely N-dealkylation sites (N-methyl/N-ethyl adjacent to an activating group) is 1. The second-order valence-electron chi connectivity index (χ2n) is 6.00. The third kappa shape index (κ3) is 4.52. The summed E-state index contributed by atoms with van der Waals surface area (Å²) in [6, 6.07) is 8.99. The summed E-state index contributed by atoms with van der Waals surface area (Å²) in [5, 5.41) is 3.65. The first-order chi connectivity index (χ1) is 9.83. The highest BCUT2D eigenvalue weighted by atomic mass is 16.5. The molecule has 1 unspecified atom stereocenters. The molecule has 2 rings (SSSR count). The molecule has 0 heterocycles. The Morgan fingerprint density at radius 1 is 1.25 bits per heavy atom. The number of para-hydroxylation sites is 1. The van der Waals surface area contributed by atoms with Crippen LogP contribution >= 0.6 is 0 Å². The maximum atomic E-state index is 5.47. The van der Waals surface area contributed by atoms with Gasteiger partial charge in [-0.05, 0) is 43.4 Å². The Morgan fingerprint density at radius 3 is 2.70 bits per heavy atom. The normalized spacial score (nSPS) is 17.3. The number of nitrogens with one attached hydrogen (secondary N) is 1. The Morgan fingerprint density at radius 2 is 2.00 bits per heavy atom. The fourth-order valence-electron chi connectivity index (χ4n) is 3.44. The van der Waals surface area contributed by atoms with E-state index in [0.29, 0.717) is 6.04 Å². The third-order valence-electron chi connectivity index (χ3n) is 4.55. The lowest BCUT2D eigenvalue weighted by Gasteiger charge is -2.21. The van der Waals surface area contributed by atoms with Crippen molar-refractivity contribution in [1.29, 1.82) is 0 Å². The maximum Gasteiger partial charge on any atom is 0.122 e. The van der Waals surface area contributed by atoms with E-state index in [1.807, 2.05) is 6.07 Å². The largest absolute Gasteiger partial charge is 0.496 e. The quantitative estimate of drug-likeness (QED) is 0.768. The summed E-state index contributed by atoms with van der Waals surface area (Å²) < 4.78 is 5.47. The summed E-state index contributed by atoms with van der Waals surface area (Å²) in [6.07, 6.45) is 9.54. The molecular weight excluding hydrogens is 246 g/mol. The minimum atomic E-state index is 0.580. The van der Waals surface area contributed by atoms with Crippen molar-refractivity contribution in [3.05, 3.63) is 29.8 Å². The van der Waals surface area contributed by atoms with Crippen molar-refractivity contribution >= 4 is 0 Å². The van der Waals surface area contributed by atoms with E-state index in [-0.39, 0.29) is 0 Å². The Hall–Kier alpha value is -1.02. The van der Waals surface area contributed by atoms with Crippen LogP contribution < -0.4 is 10.1 Å². The van der Waals surface area contributed by atoms with Gasteiger partial charge in [-0.2, -0.15) is 0 Å².